The van der Waals surface area contributed by atoms with Gasteiger partial charge in [0, 0.05) is 25.6 Å². The van der Waals surface area contributed by atoms with Gasteiger partial charge in [-0.1, -0.05) is 6.92 Å². The van der Waals surface area contributed by atoms with Gasteiger partial charge in [0.1, 0.15) is 5.69 Å². The Bertz CT molecular complexity index is 503. The van der Waals surface area contributed by atoms with Crippen molar-refractivity contribution in [2.24, 2.45) is 0 Å². The van der Waals surface area contributed by atoms with Gasteiger partial charge in [0.2, 0.25) is 0 Å². The topological polar surface area (TPSA) is 46.3 Å². The molecule has 0 saturated carbocycles. The molecule has 2 aromatic heterocycles. The molecule has 2 rings (SSSR count). The molecular formula is C14H16N2O2. The van der Waals surface area contributed by atoms with Crippen LogP contribution in [0.15, 0.2) is 41.3 Å². The van der Waals surface area contributed by atoms with Gasteiger partial charge < -0.3 is 9.32 Å². The number of furan rings is 1. The van der Waals surface area contributed by atoms with Crippen LogP contribution in [0, 0.1) is 0 Å². The van der Waals surface area contributed by atoms with E-state index in [4.69, 9.17) is 4.42 Å². The Labute approximate surface area is 106 Å². The molecule has 2 heterocycles. The van der Waals surface area contributed by atoms with Gasteiger partial charge in [0.25, 0.3) is 0 Å². The van der Waals surface area contributed by atoms with E-state index < -0.39 is 0 Å². The Balaban J connectivity index is 2.07. The van der Waals surface area contributed by atoms with Crippen LogP contribution in [-0.2, 0) is 6.54 Å². The van der Waals surface area contributed by atoms with Crippen LogP contribution in [0.5, 0.6) is 0 Å². The summed E-state index contributed by atoms with van der Waals surface area (Å²) in [5.74, 6) is 0.0686. The lowest BCUT2D eigenvalue weighted by Crippen LogP contribution is -2.16. The van der Waals surface area contributed by atoms with E-state index in [0.717, 1.165) is 17.8 Å². The average molecular weight is 244 g/mol. The van der Waals surface area contributed by atoms with Crippen molar-refractivity contribution >= 4 is 11.5 Å². The molecule has 0 aliphatic rings. The predicted octanol–water partition coefficient (Wildman–Crippen LogP) is 2.90. The minimum atomic E-state index is 0.0686. The minimum Gasteiger partial charge on any atom is -0.472 e. The fourth-order valence-electron chi connectivity index (χ4n) is 1.71. The number of carbonyl (C=O) groups excluding carboxylic acids is 1. The molecule has 0 amide bonds. The first-order valence-corrected chi connectivity index (χ1v) is 5.92. The second-order valence-corrected chi connectivity index (χ2v) is 4.17. The van der Waals surface area contributed by atoms with Crippen LogP contribution in [0.2, 0.25) is 0 Å². The van der Waals surface area contributed by atoms with Crippen molar-refractivity contribution in [1.82, 2.24) is 4.98 Å². The van der Waals surface area contributed by atoms with Crippen LogP contribution in [0.3, 0.4) is 0 Å². The Morgan fingerprint density at radius 3 is 2.78 bits per heavy atom. The molecule has 2 aromatic rings. The Hall–Kier alpha value is -2.10. The lowest BCUT2D eigenvalue weighted by atomic mass is 10.2. The maximum atomic E-state index is 11.5. The van der Waals surface area contributed by atoms with E-state index >= 15 is 0 Å². The van der Waals surface area contributed by atoms with Crippen molar-refractivity contribution in [3.63, 3.8) is 0 Å². The van der Waals surface area contributed by atoms with Gasteiger partial charge in [-0.15, -0.1) is 0 Å². The molecule has 0 aliphatic heterocycles. The summed E-state index contributed by atoms with van der Waals surface area (Å²) < 4.78 is 5.03. The lowest BCUT2D eigenvalue weighted by molar-refractivity contribution is 0.0983. The second-order valence-electron chi connectivity index (χ2n) is 4.17. The Morgan fingerprint density at radius 1 is 1.39 bits per heavy atom. The van der Waals surface area contributed by atoms with E-state index in [0.29, 0.717) is 12.1 Å². The summed E-state index contributed by atoms with van der Waals surface area (Å²) in [7, 11) is 1.98. The molecule has 0 atom stereocenters. The molecule has 0 unspecified atom stereocenters. The summed E-state index contributed by atoms with van der Waals surface area (Å²) in [5.41, 5.74) is 2.60. The van der Waals surface area contributed by atoms with Gasteiger partial charge in [0.15, 0.2) is 5.78 Å². The number of hydrogen-bond acceptors (Lipinski definition) is 4. The van der Waals surface area contributed by atoms with E-state index in [-0.39, 0.29) is 5.78 Å². The van der Waals surface area contributed by atoms with Crippen LogP contribution in [-0.4, -0.2) is 17.8 Å². The standard InChI is InChI=1S/C14H16N2O2/c1-3-14(17)13-5-4-12(8-15-13)16(2)9-11-6-7-18-10-11/h4-8,10H,3,9H2,1-2H3. The molecule has 4 nitrogen and oxygen atoms in total. The molecule has 0 bridgehead atoms. The molecule has 18 heavy (non-hydrogen) atoms. The number of ketones is 1. The molecule has 0 aliphatic carbocycles. The smallest absolute Gasteiger partial charge is 0.180 e. The largest absolute Gasteiger partial charge is 0.472 e. The third kappa shape index (κ3) is 2.77. The molecule has 0 saturated heterocycles. The summed E-state index contributed by atoms with van der Waals surface area (Å²) in [4.78, 5) is 17.7. The highest BCUT2D eigenvalue weighted by Gasteiger charge is 2.07. The second kappa shape index (κ2) is 5.49. The number of rotatable bonds is 5. The number of anilines is 1. The highest BCUT2D eigenvalue weighted by molar-refractivity contribution is 5.94. The van der Waals surface area contributed by atoms with Gasteiger partial charge in [-0.25, -0.2) is 0 Å². The molecule has 0 spiro atoms. The Morgan fingerprint density at radius 2 is 2.22 bits per heavy atom. The first-order valence-electron chi connectivity index (χ1n) is 5.92. The van der Waals surface area contributed by atoms with E-state index in [1.54, 1.807) is 24.8 Å². The van der Waals surface area contributed by atoms with Crippen molar-refractivity contribution < 1.29 is 9.21 Å². The number of pyridine rings is 1. The molecule has 94 valence electrons. The van der Waals surface area contributed by atoms with E-state index in [1.807, 2.05) is 26.1 Å². The summed E-state index contributed by atoms with van der Waals surface area (Å²) in [6.07, 6.45) is 5.59. The van der Waals surface area contributed by atoms with Crippen molar-refractivity contribution in [2.75, 3.05) is 11.9 Å². The zero-order chi connectivity index (χ0) is 13.0. The van der Waals surface area contributed by atoms with Crippen molar-refractivity contribution in [2.45, 2.75) is 19.9 Å². The maximum absolute atomic E-state index is 11.5. The molecule has 0 fully saturated rings. The number of carbonyl (C=O) groups is 1. The first kappa shape index (κ1) is 12.4. The Kier molecular flexibility index (Phi) is 3.77. The lowest BCUT2D eigenvalue weighted by Gasteiger charge is -2.17. The zero-order valence-corrected chi connectivity index (χ0v) is 10.6. The van der Waals surface area contributed by atoms with Crippen molar-refractivity contribution in [3.05, 3.63) is 48.2 Å². The quantitative estimate of drug-likeness (QED) is 0.759. The van der Waals surface area contributed by atoms with Crippen LogP contribution >= 0.6 is 0 Å². The fraction of sp³-hybridized carbons (Fsp3) is 0.286. The predicted molar refractivity (Wildman–Crippen MR) is 69.7 cm³/mol. The minimum absolute atomic E-state index is 0.0686. The van der Waals surface area contributed by atoms with Crippen LogP contribution in [0.4, 0.5) is 5.69 Å². The number of aromatic nitrogens is 1. The highest BCUT2D eigenvalue weighted by Crippen LogP contribution is 2.15. The van der Waals surface area contributed by atoms with E-state index in [1.165, 1.54) is 0 Å². The number of nitrogens with zero attached hydrogens (tertiary/aromatic N) is 2. The van der Waals surface area contributed by atoms with Gasteiger partial charge >= 0.3 is 0 Å². The van der Waals surface area contributed by atoms with Crippen LogP contribution in [0.1, 0.15) is 29.4 Å². The summed E-state index contributed by atoms with van der Waals surface area (Å²) in [6, 6.07) is 5.61. The van der Waals surface area contributed by atoms with Crippen molar-refractivity contribution in [1.29, 1.82) is 0 Å². The normalized spacial score (nSPS) is 10.3. The van der Waals surface area contributed by atoms with Crippen LogP contribution < -0.4 is 4.90 Å². The first-order chi connectivity index (χ1) is 8.70. The van der Waals surface area contributed by atoms with Crippen molar-refractivity contribution in [3.8, 4) is 0 Å². The number of Topliss-reactive ketones (excluding diaryl/α,β-unsaturated/α-hetero) is 1. The summed E-state index contributed by atoms with van der Waals surface area (Å²) >= 11 is 0. The zero-order valence-electron chi connectivity index (χ0n) is 10.6. The molecule has 0 radical (unpaired) electrons. The third-order valence-corrected chi connectivity index (χ3v) is 2.80. The van der Waals surface area contributed by atoms with E-state index in [2.05, 4.69) is 9.88 Å². The van der Waals surface area contributed by atoms with Gasteiger partial charge in [0.05, 0.1) is 24.4 Å². The average Bonchev–Trinajstić information content (AvgIpc) is 2.91. The monoisotopic (exact) mass is 244 g/mol. The number of hydrogen-bond donors (Lipinski definition) is 0. The SMILES string of the molecule is CCC(=O)c1ccc(N(C)Cc2ccoc2)cn1. The molecule has 4 heteroatoms. The molecular weight excluding hydrogens is 228 g/mol. The van der Waals surface area contributed by atoms with E-state index in [9.17, 15) is 4.79 Å². The third-order valence-electron chi connectivity index (χ3n) is 2.80. The summed E-state index contributed by atoms with van der Waals surface area (Å²) in [5, 5.41) is 0. The van der Waals surface area contributed by atoms with Crippen LogP contribution in [0.25, 0.3) is 0 Å². The summed E-state index contributed by atoms with van der Waals surface area (Å²) in [6.45, 7) is 2.59. The van der Waals surface area contributed by atoms with Gasteiger partial charge in [-0.05, 0) is 18.2 Å². The van der Waals surface area contributed by atoms with Gasteiger partial charge in [-0.2, -0.15) is 0 Å². The molecule has 0 aromatic carbocycles. The molecule has 0 N–H and O–H groups in total. The van der Waals surface area contributed by atoms with Gasteiger partial charge in [-0.3, -0.25) is 9.78 Å². The highest BCUT2D eigenvalue weighted by atomic mass is 16.3. The maximum Gasteiger partial charge on any atom is 0.180 e. The fourth-order valence-corrected chi connectivity index (χ4v) is 1.71.